The topological polar surface area (TPSA) is 20.3 Å². The van der Waals surface area contributed by atoms with E-state index < -0.39 is 0 Å². The molecule has 0 unspecified atom stereocenters. The summed E-state index contributed by atoms with van der Waals surface area (Å²) < 4.78 is 0.780. The van der Waals surface area contributed by atoms with Crippen molar-refractivity contribution >= 4 is 45.0 Å². The van der Waals surface area contributed by atoms with Crippen molar-refractivity contribution in [2.24, 2.45) is 0 Å². The number of hydrogen-bond acceptors (Lipinski definition) is 1. The Kier molecular flexibility index (Phi) is 5.31. The molecule has 0 N–H and O–H groups in total. The summed E-state index contributed by atoms with van der Waals surface area (Å²) in [6.07, 6.45) is 0. The van der Waals surface area contributed by atoms with Gasteiger partial charge in [-0.25, -0.2) is 0 Å². The third-order valence-electron chi connectivity index (χ3n) is 3.14. The first-order valence-corrected chi connectivity index (χ1v) is 7.89. The fourth-order valence-corrected chi connectivity index (χ4v) is 2.80. The van der Waals surface area contributed by atoms with Crippen molar-refractivity contribution in [1.82, 2.24) is 4.90 Å². The summed E-state index contributed by atoms with van der Waals surface area (Å²) in [5, 5.41) is 0.980. The lowest BCUT2D eigenvalue weighted by Gasteiger charge is -2.19. The van der Waals surface area contributed by atoms with Gasteiger partial charge in [-0.1, -0.05) is 47.0 Å². The maximum absolute atomic E-state index is 12.5. The predicted octanol–water partition coefficient (Wildman–Crippen LogP) is 5.34. The second-order valence-electron chi connectivity index (χ2n) is 4.86. The quantitative estimate of drug-likeness (QED) is 0.697. The smallest absolute Gasteiger partial charge is 0.255 e. The van der Waals surface area contributed by atoms with E-state index in [0.717, 1.165) is 15.6 Å². The Balaban J connectivity index is 2.24. The summed E-state index contributed by atoms with van der Waals surface area (Å²) in [6, 6.07) is 11.1. The van der Waals surface area contributed by atoms with Crippen LogP contribution in [0.2, 0.25) is 10.0 Å². The molecule has 0 spiro atoms. The summed E-state index contributed by atoms with van der Waals surface area (Å²) in [6.45, 7) is 2.36. The summed E-state index contributed by atoms with van der Waals surface area (Å²) >= 11 is 15.6. The van der Waals surface area contributed by atoms with E-state index in [0.29, 0.717) is 22.2 Å². The van der Waals surface area contributed by atoms with Crippen molar-refractivity contribution in [2.45, 2.75) is 13.5 Å². The lowest BCUT2D eigenvalue weighted by molar-refractivity contribution is 0.0784. The number of halogens is 3. The van der Waals surface area contributed by atoms with E-state index >= 15 is 0 Å². The van der Waals surface area contributed by atoms with Gasteiger partial charge >= 0.3 is 0 Å². The van der Waals surface area contributed by atoms with Crippen molar-refractivity contribution < 1.29 is 4.79 Å². The monoisotopic (exact) mass is 385 g/mol. The zero-order chi connectivity index (χ0) is 15.6. The molecule has 0 heterocycles. The van der Waals surface area contributed by atoms with Gasteiger partial charge in [0, 0.05) is 18.1 Å². The van der Waals surface area contributed by atoms with E-state index in [9.17, 15) is 4.79 Å². The number of carbonyl (C=O) groups excluding carboxylic acids is 1. The normalized spacial score (nSPS) is 10.5. The van der Waals surface area contributed by atoms with Gasteiger partial charge in [0.2, 0.25) is 0 Å². The van der Waals surface area contributed by atoms with Crippen LogP contribution in [-0.4, -0.2) is 17.9 Å². The van der Waals surface area contributed by atoms with Crippen LogP contribution in [0.3, 0.4) is 0 Å². The van der Waals surface area contributed by atoms with Crippen LogP contribution in [0, 0.1) is 6.92 Å². The highest BCUT2D eigenvalue weighted by atomic mass is 79.9. The van der Waals surface area contributed by atoms with Crippen LogP contribution in [0.4, 0.5) is 0 Å². The Hall–Kier alpha value is -1.03. The van der Waals surface area contributed by atoms with Crippen molar-refractivity contribution in [1.29, 1.82) is 0 Å². The van der Waals surface area contributed by atoms with E-state index in [2.05, 4.69) is 15.9 Å². The highest BCUT2D eigenvalue weighted by Crippen LogP contribution is 2.27. The zero-order valence-electron chi connectivity index (χ0n) is 11.7. The molecule has 0 aliphatic rings. The minimum atomic E-state index is -0.0679. The summed E-state index contributed by atoms with van der Waals surface area (Å²) in [4.78, 5) is 14.2. The highest BCUT2D eigenvalue weighted by molar-refractivity contribution is 9.10. The van der Waals surface area contributed by atoms with Crippen LogP contribution in [0.5, 0.6) is 0 Å². The third kappa shape index (κ3) is 3.79. The maximum atomic E-state index is 12.5. The largest absolute Gasteiger partial charge is 0.337 e. The van der Waals surface area contributed by atoms with Crippen LogP contribution in [0.1, 0.15) is 21.5 Å². The zero-order valence-corrected chi connectivity index (χ0v) is 14.8. The van der Waals surface area contributed by atoms with Gasteiger partial charge in [0.15, 0.2) is 0 Å². The van der Waals surface area contributed by atoms with Crippen LogP contribution < -0.4 is 0 Å². The van der Waals surface area contributed by atoms with Gasteiger partial charge in [-0.2, -0.15) is 0 Å². The lowest BCUT2D eigenvalue weighted by atomic mass is 10.1. The average molecular weight is 387 g/mol. The molecule has 0 fully saturated rings. The number of hydrogen-bond donors (Lipinski definition) is 0. The van der Waals surface area contributed by atoms with Gasteiger partial charge in [-0.3, -0.25) is 4.79 Å². The first-order valence-electron chi connectivity index (χ1n) is 6.34. The Morgan fingerprint density at radius 2 is 1.95 bits per heavy atom. The molecule has 0 bridgehead atoms. The molecule has 0 aliphatic carbocycles. The number of aryl methyl sites for hydroxylation is 1. The second-order valence-corrected chi connectivity index (χ2v) is 6.50. The summed E-state index contributed by atoms with van der Waals surface area (Å²) in [5.41, 5.74) is 2.50. The molecule has 2 nitrogen and oxygen atoms in total. The minimum Gasteiger partial charge on any atom is -0.337 e. The Labute approximate surface area is 142 Å². The summed E-state index contributed by atoms with van der Waals surface area (Å²) in [7, 11) is 1.74. The molecule has 0 aliphatic heterocycles. The molecule has 21 heavy (non-hydrogen) atoms. The van der Waals surface area contributed by atoms with Crippen LogP contribution in [-0.2, 0) is 6.54 Å². The number of nitrogens with zero attached hydrogens (tertiary/aromatic N) is 1. The maximum Gasteiger partial charge on any atom is 0.255 e. The van der Waals surface area contributed by atoms with Gasteiger partial charge < -0.3 is 4.90 Å². The fraction of sp³-hybridized carbons (Fsp3) is 0.188. The molecule has 0 saturated heterocycles. The number of amides is 1. The molecule has 1 amide bonds. The molecule has 0 aromatic heterocycles. The van der Waals surface area contributed by atoms with Crippen LogP contribution in [0.15, 0.2) is 40.9 Å². The third-order valence-corrected chi connectivity index (χ3v) is 4.69. The van der Waals surface area contributed by atoms with Crippen molar-refractivity contribution in [3.05, 3.63) is 67.6 Å². The van der Waals surface area contributed by atoms with Gasteiger partial charge in [0.1, 0.15) is 0 Å². The van der Waals surface area contributed by atoms with Crippen LogP contribution >= 0.6 is 39.1 Å². The number of rotatable bonds is 3. The van der Waals surface area contributed by atoms with E-state index in [1.165, 1.54) is 0 Å². The fourth-order valence-electron chi connectivity index (χ4n) is 2.01. The number of benzene rings is 2. The minimum absolute atomic E-state index is 0.0679. The SMILES string of the molecule is Cc1ccc(Br)c(C(=O)N(C)Cc2cccc(Cl)c2Cl)c1. The number of carbonyl (C=O) groups is 1. The Morgan fingerprint density at radius 3 is 2.67 bits per heavy atom. The predicted molar refractivity (Wildman–Crippen MR) is 91.1 cm³/mol. The molecule has 2 rings (SSSR count). The summed E-state index contributed by atoms with van der Waals surface area (Å²) in [5.74, 6) is -0.0679. The Bertz CT molecular complexity index is 688. The molecular weight excluding hydrogens is 373 g/mol. The van der Waals surface area contributed by atoms with Crippen molar-refractivity contribution in [3.8, 4) is 0 Å². The molecule has 2 aromatic rings. The van der Waals surface area contributed by atoms with E-state index in [1.54, 1.807) is 18.0 Å². The first-order chi connectivity index (χ1) is 9.90. The van der Waals surface area contributed by atoms with Gasteiger partial charge in [0.05, 0.1) is 15.6 Å². The van der Waals surface area contributed by atoms with Crippen molar-refractivity contribution in [2.75, 3.05) is 7.05 Å². The lowest BCUT2D eigenvalue weighted by Crippen LogP contribution is -2.26. The van der Waals surface area contributed by atoms with Crippen LogP contribution in [0.25, 0.3) is 0 Å². The molecular formula is C16H14BrCl2NO. The van der Waals surface area contributed by atoms with E-state index in [1.807, 2.05) is 37.3 Å². The molecule has 5 heteroatoms. The second kappa shape index (κ2) is 6.82. The standard InChI is InChI=1S/C16H14BrCl2NO/c1-10-6-7-13(17)12(8-10)16(21)20(2)9-11-4-3-5-14(18)15(11)19/h3-8H,9H2,1-2H3. The van der Waals surface area contributed by atoms with Crippen molar-refractivity contribution in [3.63, 3.8) is 0 Å². The molecule has 110 valence electrons. The van der Waals surface area contributed by atoms with Gasteiger partial charge in [-0.05, 0) is 46.6 Å². The molecule has 0 saturated carbocycles. The highest BCUT2D eigenvalue weighted by Gasteiger charge is 2.16. The molecule has 0 radical (unpaired) electrons. The Morgan fingerprint density at radius 1 is 1.24 bits per heavy atom. The first kappa shape index (κ1) is 16.3. The van der Waals surface area contributed by atoms with Gasteiger partial charge in [0.25, 0.3) is 5.91 Å². The molecule has 0 atom stereocenters. The van der Waals surface area contributed by atoms with E-state index in [4.69, 9.17) is 23.2 Å². The van der Waals surface area contributed by atoms with E-state index in [-0.39, 0.29) is 5.91 Å². The molecule has 2 aromatic carbocycles. The van der Waals surface area contributed by atoms with Gasteiger partial charge in [-0.15, -0.1) is 0 Å². The average Bonchev–Trinajstić information content (AvgIpc) is 2.45.